The van der Waals surface area contributed by atoms with Gasteiger partial charge in [0, 0.05) is 36.9 Å². The van der Waals surface area contributed by atoms with E-state index >= 15 is 0 Å². The molecular weight excluding hydrogens is 386 g/mol. The first-order valence-electron chi connectivity index (χ1n) is 10.2. The predicted octanol–water partition coefficient (Wildman–Crippen LogP) is 3.51. The van der Waals surface area contributed by atoms with E-state index in [9.17, 15) is 14.7 Å². The van der Waals surface area contributed by atoms with Gasteiger partial charge in [0.15, 0.2) is 6.29 Å². The van der Waals surface area contributed by atoms with Gasteiger partial charge in [0.05, 0.1) is 12.1 Å². The normalized spacial score (nSPS) is 10.3. The predicted molar refractivity (Wildman–Crippen MR) is 117 cm³/mol. The number of carboxylic acid groups (broad SMARTS) is 1. The summed E-state index contributed by atoms with van der Waals surface area (Å²) in [5, 5.41) is 9.59. The van der Waals surface area contributed by atoms with Crippen molar-refractivity contribution >= 4 is 16.9 Å². The molecule has 2 rings (SSSR count). The first-order valence-corrected chi connectivity index (χ1v) is 10.2. The van der Waals surface area contributed by atoms with Crippen molar-refractivity contribution in [3.8, 4) is 11.8 Å². The Labute approximate surface area is 177 Å². The van der Waals surface area contributed by atoms with E-state index < -0.39 is 17.7 Å². The molecule has 0 aliphatic heterocycles. The van der Waals surface area contributed by atoms with Crippen LogP contribution in [-0.4, -0.2) is 48.4 Å². The van der Waals surface area contributed by atoms with Gasteiger partial charge in [-0.25, -0.2) is 4.79 Å². The number of ether oxygens (including phenoxy) is 3. The van der Waals surface area contributed by atoms with Gasteiger partial charge in [0.2, 0.25) is 5.43 Å². The van der Waals surface area contributed by atoms with Gasteiger partial charge in [-0.05, 0) is 39.0 Å². The van der Waals surface area contributed by atoms with Crippen molar-refractivity contribution in [3.05, 3.63) is 45.7 Å². The van der Waals surface area contributed by atoms with Crippen molar-refractivity contribution in [2.75, 3.05) is 26.4 Å². The quantitative estimate of drug-likeness (QED) is 0.382. The Morgan fingerprint density at radius 3 is 2.40 bits per heavy atom. The highest BCUT2D eigenvalue weighted by atomic mass is 16.7. The highest BCUT2D eigenvalue weighted by Crippen LogP contribution is 2.14. The fourth-order valence-electron chi connectivity index (χ4n) is 2.75. The zero-order valence-corrected chi connectivity index (χ0v) is 18.4. The summed E-state index contributed by atoms with van der Waals surface area (Å²) in [6, 6.07) is 5.19. The summed E-state index contributed by atoms with van der Waals surface area (Å²) in [4.78, 5) is 23.8. The third kappa shape index (κ3) is 6.99. The van der Waals surface area contributed by atoms with Crippen LogP contribution >= 0.6 is 0 Å². The highest BCUT2D eigenvalue weighted by Gasteiger charge is 2.14. The van der Waals surface area contributed by atoms with E-state index in [1.807, 2.05) is 34.6 Å². The van der Waals surface area contributed by atoms with Gasteiger partial charge in [-0.15, -0.1) is 0 Å². The van der Waals surface area contributed by atoms with Crippen LogP contribution in [0.15, 0.2) is 29.2 Å². The summed E-state index contributed by atoms with van der Waals surface area (Å²) in [5.41, 5.74) is 0.532. The van der Waals surface area contributed by atoms with Gasteiger partial charge < -0.3 is 23.9 Å². The molecule has 0 unspecified atom stereocenters. The number of benzene rings is 1. The average Bonchev–Trinajstić information content (AvgIpc) is 2.75. The number of nitrogens with zero attached hydrogens (tertiary/aromatic N) is 1. The zero-order valence-electron chi connectivity index (χ0n) is 18.4. The summed E-state index contributed by atoms with van der Waals surface area (Å²) in [6.07, 6.45) is 0.957. The third-order valence-electron chi connectivity index (χ3n) is 4.02. The molecule has 30 heavy (non-hydrogen) atoms. The minimum Gasteiger partial charge on any atom is -0.477 e. The van der Waals surface area contributed by atoms with E-state index in [1.165, 1.54) is 6.20 Å². The summed E-state index contributed by atoms with van der Waals surface area (Å²) < 4.78 is 18.0. The second-order valence-corrected chi connectivity index (χ2v) is 5.85. The van der Waals surface area contributed by atoms with Crippen molar-refractivity contribution in [2.45, 2.75) is 47.5 Å². The Bertz CT molecular complexity index is 932. The number of rotatable bonds is 9. The van der Waals surface area contributed by atoms with Crippen LogP contribution in [0.1, 0.15) is 50.5 Å². The SMILES string of the molecule is CC.CCOC(COCC#Cc1ccc2c(c1)c(=O)c(C(=O)O)cn2CC)OCC. The molecule has 0 atom stereocenters. The molecule has 1 heterocycles. The van der Waals surface area contributed by atoms with Crippen molar-refractivity contribution in [3.63, 3.8) is 0 Å². The van der Waals surface area contributed by atoms with Crippen molar-refractivity contribution < 1.29 is 24.1 Å². The molecule has 0 amide bonds. The van der Waals surface area contributed by atoms with Gasteiger partial charge in [0.1, 0.15) is 12.2 Å². The first kappa shape index (κ1) is 25.4. The Morgan fingerprint density at radius 1 is 1.17 bits per heavy atom. The Hall–Kier alpha value is -2.66. The smallest absolute Gasteiger partial charge is 0.341 e. The second kappa shape index (κ2) is 13.5. The van der Waals surface area contributed by atoms with Gasteiger partial charge >= 0.3 is 5.97 Å². The second-order valence-electron chi connectivity index (χ2n) is 5.85. The molecule has 0 aliphatic carbocycles. The number of pyridine rings is 1. The first-order chi connectivity index (χ1) is 14.5. The summed E-state index contributed by atoms with van der Waals surface area (Å²) in [7, 11) is 0. The fourth-order valence-corrected chi connectivity index (χ4v) is 2.75. The number of aryl methyl sites for hydroxylation is 1. The van der Waals surface area contributed by atoms with E-state index in [0.29, 0.717) is 36.2 Å². The minimum absolute atomic E-state index is 0.184. The lowest BCUT2D eigenvalue weighted by molar-refractivity contribution is -0.164. The summed E-state index contributed by atoms with van der Waals surface area (Å²) >= 11 is 0. The van der Waals surface area contributed by atoms with E-state index in [-0.39, 0.29) is 18.8 Å². The zero-order chi connectivity index (χ0) is 22.5. The summed E-state index contributed by atoms with van der Waals surface area (Å²) in [6.45, 7) is 11.7. The van der Waals surface area contributed by atoms with E-state index in [0.717, 1.165) is 0 Å². The number of hydrogen-bond acceptors (Lipinski definition) is 5. The Balaban J connectivity index is 0.00000218. The van der Waals surface area contributed by atoms with Gasteiger partial charge in [-0.1, -0.05) is 25.7 Å². The molecule has 2 aromatic rings. The molecule has 1 aromatic carbocycles. The molecular formula is C23H31NO6. The number of carboxylic acids is 1. The minimum atomic E-state index is -1.24. The maximum Gasteiger partial charge on any atom is 0.341 e. The lowest BCUT2D eigenvalue weighted by Crippen LogP contribution is -2.23. The van der Waals surface area contributed by atoms with E-state index in [1.54, 1.807) is 22.8 Å². The Morgan fingerprint density at radius 2 is 1.83 bits per heavy atom. The number of hydrogen-bond donors (Lipinski definition) is 1. The molecule has 0 aliphatic rings. The number of carbonyl (C=O) groups is 1. The molecule has 0 radical (unpaired) electrons. The maximum atomic E-state index is 12.5. The molecule has 0 spiro atoms. The molecule has 7 heteroatoms. The van der Waals surface area contributed by atoms with Crippen LogP contribution in [0.2, 0.25) is 0 Å². The van der Waals surface area contributed by atoms with Crippen molar-refractivity contribution in [1.29, 1.82) is 0 Å². The van der Waals surface area contributed by atoms with Crippen LogP contribution in [0.3, 0.4) is 0 Å². The number of aromatic nitrogens is 1. The molecule has 7 nitrogen and oxygen atoms in total. The number of aromatic carboxylic acids is 1. The molecule has 164 valence electrons. The Kier molecular flexibility index (Phi) is 11.5. The molecule has 0 bridgehead atoms. The van der Waals surface area contributed by atoms with Gasteiger partial charge in [-0.3, -0.25) is 4.79 Å². The largest absolute Gasteiger partial charge is 0.477 e. The molecule has 1 N–H and O–H groups in total. The van der Waals surface area contributed by atoms with Crippen LogP contribution in [0, 0.1) is 11.8 Å². The lowest BCUT2D eigenvalue weighted by atomic mass is 10.1. The van der Waals surface area contributed by atoms with Crippen LogP contribution in [0.4, 0.5) is 0 Å². The molecule has 1 aromatic heterocycles. The monoisotopic (exact) mass is 417 g/mol. The maximum absolute atomic E-state index is 12.5. The lowest BCUT2D eigenvalue weighted by Gasteiger charge is -2.15. The topological polar surface area (TPSA) is 87.0 Å². The van der Waals surface area contributed by atoms with Crippen molar-refractivity contribution in [1.82, 2.24) is 4.57 Å². The number of fused-ring (bicyclic) bond motifs is 1. The van der Waals surface area contributed by atoms with Crippen LogP contribution in [0.5, 0.6) is 0 Å². The van der Waals surface area contributed by atoms with Crippen LogP contribution in [-0.2, 0) is 20.8 Å². The average molecular weight is 418 g/mol. The fraction of sp³-hybridized carbons (Fsp3) is 0.478. The molecule has 0 saturated carbocycles. The van der Waals surface area contributed by atoms with E-state index in [2.05, 4.69) is 11.8 Å². The van der Waals surface area contributed by atoms with Crippen LogP contribution in [0.25, 0.3) is 10.9 Å². The third-order valence-corrected chi connectivity index (χ3v) is 4.02. The van der Waals surface area contributed by atoms with Gasteiger partial charge in [-0.2, -0.15) is 0 Å². The van der Waals surface area contributed by atoms with E-state index in [4.69, 9.17) is 14.2 Å². The molecule has 0 fully saturated rings. The summed E-state index contributed by atoms with van der Waals surface area (Å²) in [5.74, 6) is 4.58. The van der Waals surface area contributed by atoms with Crippen LogP contribution < -0.4 is 5.43 Å². The highest BCUT2D eigenvalue weighted by molar-refractivity contribution is 5.92. The van der Waals surface area contributed by atoms with Gasteiger partial charge in [0.25, 0.3) is 0 Å². The molecule has 0 saturated heterocycles. The van der Waals surface area contributed by atoms with Crippen molar-refractivity contribution in [2.24, 2.45) is 0 Å². The standard InChI is InChI=1S/C21H25NO6.C2H6/c1-4-22-13-17(21(24)25)20(23)16-12-15(9-10-18(16)22)8-7-11-26-14-19(27-5-2)28-6-3;1-2/h9-10,12-13,19H,4-6,11,14H2,1-3H3,(H,24,25);1-2H3.